The van der Waals surface area contributed by atoms with Crippen LogP contribution in [-0.4, -0.2) is 49.6 Å². The fraction of sp³-hybridized carbons (Fsp3) is 0.565. The Balaban J connectivity index is 1.19. The standard InChI is InChI=1S/C23H23F4N7O/c1-12-28-21(35-31-12)32-10-13-6-7-22(11-32)18(13)34(22)20-29-19-16(3-2-8-33(19)30-20)15-5-4-14(9-17(15)24)23(25,26)27/h4-5,9,13,16,18H,2-3,6-8,10-11H2,1H3/t13-,16?,18-,22-,34?/m0/s1. The fourth-order valence-electron chi connectivity index (χ4n) is 6.63. The Hall–Kier alpha value is -3.18. The number of piperidine rings is 2. The van der Waals surface area contributed by atoms with Gasteiger partial charge in [-0.3, -0.25) is 0 Å². The van der Waals surface area contributed by atoms with Gasteiger partial charge in [0, 0.05) is 25.6 Å². The average Bonchev–Trinajstić information content (AvgIpc) is 3.09. The summed E-state index contributed by atoms with van der Waals surface area (Å²) in [6.07, 6.45) is -1.09. The molecular weight excluding hydrogens is 466 g/mol. The lowest BCUT2D eigenvalue weighted by Crippen LogP contribution is -2.42. The lowest BCUT2D eigenvalue weighted by molar-refractivity contribution is -0.137. The Kier molecular flexibility index (Phi) is 4.19. The van der Waals surface area contributed by atoms with Gasteiger partial charge in [0.1, 0.15) is 11.6 Å². The summed E-state index contributed by atoms with van der Waals surface area (Å²) < 4.78 is 61.1. The minimum atomic E-state index is -4.58. The number of halogens is 4. The van der Waals surface area contributed by atoms with Crippen LogP contribution in [0.2, 0.25) is 0 Å². The Morgan fingerprint density at radius 1 is 1.17 bits per heavy atom. The highest BCUT2D eigenvalue weighted by Gasteiger charge is 2.73. The highest BCUT2D eigenvalue weighted by molar-refractivity contribution is 5.59. The number of nitrogens with zero attached hydrogens (tertiary/aromatic N) is 7. The molecule has 2 saturated heterocycles. The van der Waals surface area contributed by atoms with Crippen molar-refractivity contribution in [3.63, 3.8) is 0 Å². The van der Waals surface area contributed by atoms with E-state index in [2.05, 4.69) is 19.9 Å². The first kappa shape index (κ1) is 21.1. The molecule has 184 valence electrons. The molecule has 8 nitrogen and oxygen atoms in total. The van der Waals surface area contributed by atoms with Crippen LogP contribution in [0.15, 0.2) is 22.7 Å². The molecule has 1 aromatic carbocycles. The Labute approximate surface area is 197 Å². The van der Waals surface area contributed by atoms with Gasteiger partial charge in [-0.15, -0.1) is 5.10 Å². The third-order valence-electron chi connectivity index (χ3n) is 8.12. The van der Waals surface area contributed by atoms with E-state index in [1.54, 1.807) is 11.6 Å². The second-order valence-corrected chi connectivity index (χ2v) is 10.1. The zero-order valence-electron chi connectivity index (χ0n) is 19.0. The molecular formula is C23H23F4N7O. The van der Waals surface area contributed by atoms with Gasteiger partial charge in [-0.1, -0.05) is 11.2 Å². The summed E-state index contributed by atoms with van der Waals surface area (Å²) in [4.78, 5) is 13.7. The first-order chi connectivity index (χ1) is 16.7. The van der Waals surface area contributed by atoms with Crippen LogP contribution in [0.25, 0.3) is 0 Å². The molecule has 5 heterocycles. The van der Waals surface area contributed by atoms with Crippen LogP contribution in [0.5, 0.6) is 0 Å². The molecule has 3 aliphatic heterocycles. The van der Waals surface area contributed by atoms with Crippen molar-refractivity contribution in [2.24, 2.45) is 5.92 Å². The normalized spacial score (nSPS) is 29.3. The number of alkyl halides is 3. The van der Waals surface area contributed by atoms with Crippen LogP contribution in [-0.2, 0) is 12.7 Å². The van der Waals surface area contributed by atoms with Crippen molar-refractivity contribution >= 4 is 12.0 Å². The molecule has 1 aliphatic carbocycles. The predicted molar refractivity (Wildman–Crippen MR) is 115 cm³/mol. The largest absolute Gasteiger partial charge is 0.416 e. The van der Waals surface area contributed by atoms with Gasteiger partial charge in [0.25, 0.3) is 0 Å². The van der Waals surface area contributed by atoms with Crippen LogP contribution in [0.1, 0.15) is 54.4 Å². The minimum absolute atomic E-state index is 0.0854. The van der Waals surface area contributed by atoms with E-state index in [4.69, 9.17) is 14.6 Å². The zero-order valence-corrected chi connectivity index (χ0v) is 19.0. The number of benzene rings is 1. The molecule has 4 atom stereocenters. The van der Waals surface area contributed by atoms with Crippen LogP contribution >= 0.6 is 0 Å². The van der Waals surface area contributed by atoms with Gasteiger partial charge in [-0.05, 0) is 56.2 Å². The van der Waals surface area contributed by atoms with E-state index in [9.17, 15) is 17.6 Å². The van der Waals surface area contributed by atoms with E-state index in [0.717, 1.165) is 38.4 Å². The molecule has 0 N–H and O–H groups in total. The SMILES string of the molecule is Cc1noc(N2C[C@@H]3CC[C@]4(C2)[C@H]3N4c2nc3n(n2)CCCC3c2ccc(C(F)(F)F)cc2F)n1. The van der Waals surface area contributed by atoms with Crippen molar-refractivity contribution in [1.82, 2.24) is 24.9 Å². The first-order valence-corrected chi connectivity index (χ1v) is 11.9. The molecule has 35 heavy (non-hydrogen) atoms. The van der Waals surface area contributed by atoms with Crippen LogP contribution in [0.4, 0.5) is 29.5 Å². The van der Waals surface area contributed by atoms with E-state index < -0.39 is 23.5 Å². The van der Waals surface area contributed by atoms with Crippen molar-refractivity contribution in [3.05, 3.63) is 46.8 Å². The molecule has 4 aliphatic rings. The van der Waals surface area contributed by atoms with Crippen LogP contribution < -0.4 is 9.80 Å². The molecule has 7 rings (SSSR count). The van der Waals surface area contributed by atoms with Gasteiger partial charge in [-0.2, -0.15) is 23.1 Å². The highest BCUT2D eigenvalue weighted by atomic mass is 19.4. The second kappa shape index (κ2) is 6.94. The number of aromatic nitrogens is 5. The minimum Gasteiger partial charge on any atom is -0.324 e. The van der Waals surface area contributed by atoms with E-state index in [1.165, 1.54) is 6.07 Å². The summed E-state index contributed by atoms with van der Waals surface area (Å²) in [5, 5.41) is 8.69. The molecule has 3 aromatic rings. The summed E-state index contributed by atoms with van der Waals surface area (Å²) in [7, 11) is 0. The van der Waals surface area contributed by atoms with Gasteiger partial charge in [0.15, 0.2) is 5.82 Å². The van der Waals surface area contributed by atoms with Gasteiger partial charge >= 0.3 is 12.2 Å². The summed E-state index contributed by atoms with van der Waals surface area (Å²) in [6, 6.07) is 3.65. The number of aryl methyl sites for hydroxylation is 2. The summed E-state index contributed by atoms with van der Waals surface area (Å²) in [6.45, 7) is 4.03. The molecule has 0 spiro atoms. The van der Waals surface area contributed by atoms with Crippen molar-refractivity contribution < 1.29 is 22.1 Å². The van der Waals surface area contributed by atoms with E-state index in [-0.39, 0.29) is 11.1 Å². The molecule has 3 fully saturated rings. The molecule has 2 aromatic heterocycles. The third kappa shape index (κ3) is 3.04. The number of anilines is 2. The quantitative estimate of drug-likeness (QED) is 0.408. The number of hydrogen-bond donors (Lipinski definition) is 0. The van der Waals surface area contributed by atoms with Gasteiger partial charge in [0.2, 0.25) is 5.95 Å². The van der Waals surface area contributed by atoms with E-state index in [0.29, 0.717) is 54.6 Å². The monoisotopic (exact) mass is 489 g/mol. The Morgan fingerprint density at radius 2 is 2.03 bits per heavy atom. The fourth-order valence-corrected chi connectivity index (χ4v) is 6.63. The molecule has 0 amide bonds. The molecule has 0 radical (unpaired) electrons. The third-order valence-corrected chi connectivity index (χ3v) is 8.12. The van der Waals surface area contributed by atoms with E-state index >= 15 is 0 Å². The van der Waals surface area contributed by atoms with Gasteiger partial charge in [0.05, 0.1) is 17.1 Å². The summed E-state index contributed by atoms with van der Waals surface area (Å²) in [5.74, 6) is 0.986. The Morgan fingerprint density at radius 3 is 2.77 bits per heavy atom. The van der Waals surface area contributed by atoms with Crippen LogP contribution in [0, 0.1) is 18.7 Å². The predicted octanol–water partition coefficient (Wildman–Crippen LogP) is 3.91. The van der Waals surface area contributed by atoms with Crippen molar-refractivity contribution in [2.75, 3.05) is 22.9 Å². The van der Waals surface area contributed by atoms with Gasteiger partial charge in [-0.25, -0.2) is 9.07 Å². The molecule has 2 bridgehead atoms. The van der Waals surface area contributed by atoms with Crippen LogP contribution in [0.3, 0.4) is 0 Å². The number of hydrogen-bond acceptors (Lipinski definition) is 7. The average molecular weight is 489 g/mol. The van der Waals surface area contributed by atoms with Crippen molar-refractivity contribution in [1.29, 1.82) is 0 Å². The molecule has 1 saturated carbocycles. The summed E-state index contributed by atoms with van der Waals surface area (Å²) >= 11 is 0. The maximum atomic E-state index is 14.8. The molecule has 1 unspecified atom stereocenters. The summed E-state index contributed by atoms with van der Waals surface area (Å²) in [5.41, 5.74) is -0.836. The maximum absolute atomic E-state index is 14.8. The smallest absolute Gasteiger partial charge is 0.324 e. The lowest BCUT2D eigenvalue weighted by atomic mass is 9.90. The van der Waals surface area contributed by atoms with Crippen molar-refractivity contribution in [2.45, 2.75) is 62.8 Å². The molecule has 12 heteroatoms. The lowest BCUT2D eigenvalue weighted by Gasteiger charge is -2.27. The first-order valence-electron chi connectivity index (χ1n) is 11.9. The Bertz CT molecular complexity index is 1320. The highest BCUT2D eigenvalue weighted by Crippen LogP contribution is 2.60. The topological polar surface area (TPSA) is 75.9 Å². The number of fused-ring (bicyclic) bond motifs is 1. The zero-order chi connectivity index (χ0) is 24.1. The van der Waals surface area contributed by atoms with Gasteiger partial charge < -0.3 is 14.3 Å². The second-order valence-electron chi connectivity index (χ2n) is 10.1. The maximum Gasteiger partial charge on any atom is 0.416 e. The van der Waals surface area contributed by atoms with E-state index in [1.807, 2.05) is 0 Å². The number of rotatable bonds is 3. The van der Waals surface area contributed by atoms with Crippen molar-refractivity contribution in [3.8, 4) is 0 Å².